The molecule has 4 heterocycles. The van der Waals surface area contributed by atoms with Gasteiger partial charge in [-0.2, -0.15) is 9.61 Å². The van der Waals surface area contributed by atoms with E-state index >= 15 is 0 Å². The van der Waals surface area contributed by atoms with E-state index in [9.17, 15) is 9.18 Å². The van der Waals surface area contributed by atoms with Gasteiger partial charge in [-0.1, -0.05) is 11.2 Å². The Balaban J connectivity index is 1.33. The molecule has 0 aliphatic rings. The van der Waals surface area contributed by atoms with Crippen LogP contribution >= 0.6 is 11.3 Å². The molecule has 0 saturated carbocycles. The zero-order valence-electron chi connectivity index (χ0n) is 15.9. The van der Waals surface area contributed by atoms with Crippen LogP contribution in [0.5, 0.6) is 11.5 Å². The highest BCUT2D eigenvalue weighted by molar-refractivity contribution is 7.13. The van der Waals surface area contributed by atoms with Gasteiger partial charge in [0, 0.05) is 23.9 Å². The molecule has 5 aromatic rings. The van der Waals surface area contributed by atoms with Gasteiger partial charge in [-0.15, -0.1) is 21.5 Å². The van der Waals surface area contributed by atoms with Crippen molar-refractivity contribution in [3.05, 3.63) is 71.4 Å². The molecule has 9 nitrogen and oxygen atoms in total. The van der Waals surface area contributed by atoms with E-state index in [2.05, 4.69) is 25.8 Å². The van der Waals surface area contributed by atoms with E-state index in [1.165, 1.54) is 40.4 Å². The Bertz CT molecular complexity index is 1400. The van der Waals surface area contributed by atoms with Crippen LogP contribution in [0.3, 0.4) is 0 Å². The number of nitrogens with zero attached hydrogens (tertiary/aromatic N) is 5. The number of hydrogen-bond donors (Lipinski definition) is 1. The van der Waals surface area contributed by atoms with Crippen LogP contribution in [0.25, 0.3) is 16.2 Å². The van der Waals surface area contributed by atoms with Gasteiger partial charge in [0.05, 0.1) is 10.6 Å². The van der Waals surface area contributed by atoms with E-state index in [0.717, 1.165) is 10.9 Å². The number of fused-ring (bicyclic) bond motifs is 1. The summed E-state index contributed by atoms with van der Waals surface area (Å²) >= 11 is 1.48. The fourth-order valence-corrected chi connectivity index (χ4v) is 3.57. The van der Waals surface area contributed by atoms with E-state index in [4.69, 9.17) is 9.26 Å². The zero-order valence-corrected chi connectivity index (χ0v) is 16.8. The van der Waals surface area contributed by atoms with Gasteiger partial charge < -0.3 is 14.6 Å². The monoisotopic (exact) mass is 436 g/mol. The number of aromatic nitrogens is 5. The first-order chi connectivity index (χ1) is 15.1. The van der Waals surface area contributed by atoms with E-state index in [1.54, 1.807) is 13.0 Å². The van der Waals surface area contributed by atoms with Crippen molar-refractivity contribution in [2.24, 2.45) is 0 Å². The first-order valence-corrected chi connectivity index (χ1v) is 9.92. The highest BCUT2D eigenvalue weighted by atomic mass is 32.1. The smallest absolute Gasteiger partial charge is 0.294 e. The minimum absolute atomic E-state index is 0.0191. The minimum atomic E-state index is -0.665. The number of aryl methyl sites for hydroxylation is 1. The number of amides is 1. The van der Waals surface area contributed by atoms with Crippen molar-refractivity contribution in [2.75, 3.05) is 5.32 Å². The number of anilines is 1. The second-order valence-electron chi connectivity index (χ2n) is 6.50. The molecule has 0 fully saturated rings. The van der Waals surface area contributed by atoms with E-state index in [1.807, 2.05) is 17.5 Å². The molecular weight excluding hydrogens is 423 g/mol. The second kappa shape index (κ2) is 7.61. The summed E-state index contributed by atoms with van der Waals surface area (Å²) < 4.78 is 26.9. The third-order valence-corrected chi connectivity index (χ3v) is 5.17. The van der Waals surface area contributed by atoms with Crippen LogP contribution in [0.15, 0.2) is 58.7 Å². The summed E-state index contributed by atoms with van der Waals surface area (Å²) in [5.74, 6) is -0.915. The lowest BCUT2D eigenvalue weighted by Crippen LogP contribution is -2.11. The lowest BCUT2D eigenvalue weighted by molar-refractivity contribution is 0.0988. The topological polar surface area (TPSA) is 107 Å². The number of thiophene rings is 1. The summed E-state index contributed by atoms with van der Waals surface area (Å²) in [4.78, 5) is 13.3. The lowest BCUT2D eigenvalue weighted by atomic mass is 10.2. The molecule has 5 rings (SSSR count). The van der Waals surface area contributed by atoms with E-state index in [-0.39, 0.29) is 17.2 Å². The maximum absolute atomic E-state index is 14.6. The van der Waals surface area contributed by atoms with Crippen molar-refractivity contribution in [2.45, 2.75) is 6.92 Å². The van der Waals surface area contributed by atoms with Crippen molar-refractivity contribution >= 4 is 28.6 Å². The number of benzene rings is 1. The second-order valence-corrected chi connectivity index (χ2v) is 7.45. The van der Waals surface area contributed by atoms with Gasteiger partial charge in [0.1, 0.15) is 12.0 Å². The summed E-state index contributed by atoms with van der Waals surface area (Å²) in [5, 5.41) is 20.3. The van der Waals surface area contributed by atoms with Crippen LogP contribution in [0.2, 0.25) is 0 Å². The van der Waals surface area contributed by atoms with Crippen LogP contribution in [-0.2, 0) is 0 Å². The first kappa shape index (κ1) is 18.9. The Kier molecular flexibility index (Phi) is 4.64. The Labute approximate surface area is 178 Å². The molecular formula is C20H13FN6O3S. The summed E-state index contributed by atoms with van der Waals surface area (Å²) in [6.45, 7) is 1.77. The van der Waals surface area contributed by atoms with Crippen molar-refractivity contribution in [3.8, 4) is 22.1 Å². The maximum Gasteiger partial charge on any atom is 0.294 e. The molecule has 0 radical (unpaired) electrons. The number of rotatable bonds is 5. The molecule has 1 N–H and O–H groups in total. The Morgan fingerprint density at radius 3 is 2.94 bits per heavy atom. The van der Waals surface area contributed by atoms with Crippen LogP contribution < -0.4 is 10.1 Å². The van der Waals surface area contributed by atoms with Crippen molar-refractivity contribution in [1.29, 1.82) is 0 Å². The Hall–Kier alpha value is -4.12. The molecule has 0 bridgehead atoms. The first-order valence-electron chi connectivity index (χ1n) is 9.04. The average molecular weight is 436 g/mol. The van der Waals surface area contributed by atoms with Gasteiger partial charge in [-0.25, -0.2) is 4.39 Å². The van der Waals surface area contributed by atoms with Crippen LogP contribution in [-0.4, -0.2) is 30.9 Å². The number of ether oxygens (including phenoxy) is 1. The summed E-state index contributed by atoms with van der Waals surface area (Å²) in [6.07, 6.45) is 1.43. The number of hydrogen-bond acceptors (Lipinski definition) is 8. The highest BCUT2D eigenvalue weighted by Crippen LogP contribution is 2.29. The molecule has 1 aromatic carbocycles. The third kappa shape index (κ3) is 3.73. The van der Waals surface area contributed by atoms with Crippen molar-refractivity contribution in [1.82, 2.24) is 25.0 Å². The summed E-state index contributed by atoms with van der Waals surface area (Å²) in [7, 11) is 0. The van der Waals surface area contributed by atoms with Crippen LogP contribution in [0.1, 0.15) is 16.2 Å². The molecule has 0 spiro atoms. The standard InChI is InChI=1S/C20H13FN6O3S/c1-11-7-16(19-24-22-10-27(19)25-11)29-15-5-4-12(8-13(15)21)23-20(28)17-9-14(26-30-17)18-3-2-6-31-18/h2-10H,1H3,(H,23,28). The van der Waals surface area contributed by atoms with Gasteiger partial charge in [0.25, 0.3) is 5.91 Å². The van der Waals surface area contributed by atoms with E-state index in [0.29, 0.717) is 22.8 Å². The van der Waals surface area contributed by atoms with Gasteiger partial charge >= 0.3 is 0 Å². The van der Waals surface area contributed by atoms with Gasteiger partial charge in [-0.05, 0) is 30.5 Å². The lowest BCUT2D eigenvalue weighted by Gasteiger charge is -2.10. The number of carbonyl (C=O) groups excluding carboxylic acids is 1. The maximum atomic E-state index is 14.6. The minimum Gasteiger partial charge on any atom is -0.450 e. The fourth-order valence-electron chi connectivity index (χ4n) is 2.89. The predicted molar refractivity (Wildman–Crippen MR) is 110 cm³/mol. The van der Waals surface area contributed by atoms with Crippen molar-refractivity contribution in [3.63, 3.8) is 0 Å². The van der Waals surface area contributed by atoms with Crippen LogP contribution in [0, 0.1) is 12.7 Å². The number of carbonyl (C=O) groups is 1. The molecule has 1 amide bonds. The zero-order chi connectivity index (χ0) is 21.4. The SMILES string of the molecule is Cc1cc(Oc2ccc(NC(=O)c3cc(-c4cccs4)no3)cc2F)c2nncn2n1. The largest absolute Gasteiger partial charge is 0.450 e. The molecule has 0 atom stereocenters. The van der Waals surface area contributed by atoms with E-state index < -0.39 is 11.7 Å². The normalized spacial score (nSPS) is 11.0. The molecule has 0 saturated heterocycles. The molecule has 0 unspecified atom stereocenters. The quantitative estimate of drug-likeness (QED) is 0.437. The summed E-state index contributed by atoms with van der Waals surface area (Å²) in [5.41, 5.74) is 1.81. The highest BCUT2D eigenvalue weighted by Gasteiger charge is 2.17. The van der Waals surface area contributed by atoms with Crippen LogP contribution in [0.4, 0.5) is 10.1 Å². The Morgan fingerprint density at radius 1 is 1.23 bits per heavy atom. The molecule has 4 aromatic heterocycles. The van der Waals surface area contributed by atoms with Gasteiger partial charge in [-0.3, -0.25) is 4.79 Å². The number of nitrogens with one attached hydrogen (secondary N) is 1. The number of halogens is 1. The Morgan fingerprint density at radius 2 is 2.13 bits per heavy atom. The summed E-state index contributed by atoms with van der Waals surface area (Å²) in [6, 6.07) is 11.0. The fraction of sp³-hybridized carbons (Fsp3) is 0.0500. The molecule has 0 aliphatic heterocycles. The molecule has 154 valence electrons. The third-order valence-electron chi connectivity index (χ3n) is 4.27. The molecule has 0 aliphatic carbocycles. The van der Waals surface area contributed by atoms with Gasteiger partial charge in [0.2, 0.25) is 11.4 Å². The predicted octanol–water partition coefficient (Wildman–Crippen LogP) is 4.33. The van der Waals surface area contributed by atoms with Gasteiger partial charge in [0.15, 0.2) is 17.3 Å². The molecule has 31 heavy (non-hydrogen) atoms. The van der Waals surface area contributed by atoms with Crippen molar-refractivity contribution < 1.29 is 18.4 Å². The average Bonchev–Trinajstić information content (AvgIpc) is 3.50. The molecule has 11 heteroatoms.